The van der Waals surface area contributed by atoms with Crippen LogP contribution < -0.4 is 10.2 Å². The molecule has 2 fully saturated rings. The zero-order valence-electron chi connectivity index (χ0n) is 18.8. The van der Waals surface area contributed by atoms with Crippen LogP contribution in [0.5, 0.6) is 0 Å². The van der Waals surface area contributed by atoms with Gasteiger partial charge in [-0.3, -0.25) is 9.59 Å². The SMILES string of the molecule is CC(=O)N1CCN(c2cnc3c(c2)cc2n3CCN(C(=O)CCOCC3CCN3)C2)CC1. The van der Waals surface area contributed by atoms with E-state index in [1.807, 2.05) is 16.0 Å². The van der Waals surface area contributed by atoms with Gasteiger partial charge in [0, 0.05) is 63.3 Å². The second kappa shape index (κ2) is 9.07. The minimum absolute atomic E-state index is 0.138. The summed E-state index contributed by atoms with van der Waals surface area (Å²) in [6.07, 6.45) is 3.53. The molecule has 0 aromatic carbocycles. The predicted octanol–water partition coefficient (Wildman–Crippen LogP) is 0.816. The molecule has 9 heteroatoms. The van der Waals surface area contributed by atoms with E-state index in [-0.39, 0.29) is 11.8 Å². The van der Waals surface area contributed by atoms with E-state index in [0.717, 1.165) is 68.1 Å². The summed E-state index contributed by atoms with van der Waals surface area (Å²) < 4.78 is 7.89. The third-order valence-corrected chi connectivity index (χ3v) is 6.90. The number of rotatable bonds is 6. The molecule has 2 saturated heterocycles. The Bertz CT molecular complexity index is 993. The van der Waals surface area contributed by atoms with E-state index in [1.165, 1.54) is 0 Å². The first-order chi connectivity index (χ1) is 15.6. The molecule has 0 radical (unpaired) electrons. The number of ether oxygens (including phenoxy) is 1. The monoisotopic (exact) mass is 440 g/mol. The Morgan fingerprint density at radius 3 is 2.62 bits per heavy atom. The lowest BCUT2D eigenvalue weighted by atomic mass is 10.1. The summed E-state index contributed by atoms with van der Waals surface area (Å²) in [4.78, 5) is 35.1. The molecule has 3 aliphatic heterocycles. The fraction of sp³-hybridized carbons (Fsp3) is 0.609. The lowest BCUT2D eigenvalue weighted by molar-refractivity contribution is -0.134. The van der Waals surface area contributed by atoms with E-state index >= 15 is 0 Å². The molecule has 2 aromatic heterocycles. The van der Waals surface area contributed by atoms with E-state index in [0.29, 0.717) is 38.8 Å². The smallest absolute Gasteiger partial charge is 0.225 e. The molecule has 172 valence electrons. The van der Waals surface area contributed by atoms with Gasteiger partial charge in [-0.15, -0.1) is 0 Å². The Balaban J connectivity index is 1.20. The van der Waals surface area contributed by atoms with Crippen LogP contribution in [-0.4, -0.2) is 89.7 Å². The second-order valence-corrected chi connectivity index (χ2v) is 8.97. The number of fused-ring (bicyclic) bond motifs is 3. The molecule has 32 heavy (non-hydrogen) atoms. The molecule has 2 aromatic rings. The lowest BCUT2D eigenvalue weighted by Crippen LogP contribution is -2.48. The number of nitrogens with one attached hydrogen (secondary N) is 1. The Kier molecular flexibility index (Phi) is 6.01. The van der Waals surface area contributed by atoms with Crippen LogP contribution in [0, 0.1) is 0 Å². The molecule has 5 heterocycles. The largest absolute Gasteiger partial charge is 0.379 e. The maximum Gasteiger partial charge on any atom is 0.225 e. The average molecular weight is 441 g/mol. The van der Waals surface area contributed by atoms with Crippen molar-refractivity contribution < 1.29 is 14.3 Å². The zero-order valence-corrected chi connectivity index (χ0v) is 18.8. The van der Waals surface area contributed by atoms with Crippen molar-refractivity contribution in [1.29, 1.82) is 0 Å². The van der Waals surface area contributed by atoms with Crippen molar-refractivity contribution in [3.05, 3.63) is 24.0 Å². The van der Waals surface area contributed by atoms with E-state index < -0.39 is 0 Å². The van der Waals surface area contributed by atoms with Gasteiger partial charge in [0.25, 0.3) is 0 Å². The first-order valence-electron chi connectivity index (χ1n) is 11.7. The van der Waals surface area contributed by atoms with Crippen molar-refractivity contribution in [3.63, 3.8) is 0 Å². The average Bonchev–Trinajstić information content (AvgIpc) is 3.14. The summed E-state index contributed by atoms with van der Waals surface area (Å²) in [6, 6.07) is 4.81. The molecule has 0 saturated carbocycles. The first-order valence-corrected chi connectivity index (χ1v) is 11.7. The Morgan fingerprint density at radius 1 is 1.12 bits per heavy atom. The van der Waals surface area contributed by atoms with Crippen LogP contribution in [0.15, 0.2) is 18.3 Å². The van der Waals surface area contributed by atoms with Gasteiger partial charge >= 0.3 is 0 Å². The predicted molar refractivity (Wildman–Crippen MR) is 121 cm³/mol. The van der Waals surface area contributed by atoms with Crippen LogP contribution in [0.2, 0.25) is 0 Å². The molecule has 0 bridgehead atoms. The summed E-state index contributed by atoms with van der Waals surface area (Å²) in [5.41, 5.74) is 3.20. The Labute approximate surface area is 188 Å². The number of carbonyl (C=O) groups is 2. The molecule has 5 rings (SSSR count). The summed E-state index contributed by atoms with van der Waals surface area (Å²) >= 11 is 0. The van der Waals surface area contributed by atoms with Crippen LogP contribution in [0.3, 0.4) is 0 Å². The highest BCUT2D eigenvalue weighted by Gasteiger charge is 2.24. The number of carbonyl (C=O) groups excluding carboxylic acids is 2. The molecule has 1 unspecified atom stereocenters. The number of amides is 2. The van der Waals surface area contributed by atoms with Crippen molar-refractivity contribution in [1.82, 2.24) is 24.7 Å². The van der Waals surface area contributed by atoms with Crippen molar-refractivity contribution in [3.8, 4) is 0 Å². The third-order valence-electron chi connectivity index (χ3n) is 6.90. The van der Waals surface area contributed by atoms with Gasteiger partial charge in [-0.2, -0.15) is 0 Å². The molecule has 9 nitrogen and oxygen atoms in total. The van der Waals surface area contributed by atoms with E-state index in [1.54, 1.807) is 6.92 Å². The van der Waals surface area contributed by atoms with Crippen LogP contribution >= 0.6 is 0 Å². The lowest BCUT2D eigenvalue weighted by Gasteiger charge is -2.35. The van der Waals surface area contributed by atoms with Crippen LogP contribution in [0.25, 0.3) is 11.0 Å². The van der Waals surface area contributed by atoms with Crippen LogP contribution in [0.1, 0.15) is 25.5 Å². The molecule has 2 amide bonds. The Hall–Kier alpha value is -2.65. The highest BCUT2D eigenvalue weighted by atomic mass is 16.5. The molecule has 3 aliphatic rings. The highest BCUT2D eigenvalue weighted by molar-refractivity contribution is 5.82. The molecule has 0 aliphatic carbocycles. The fourth-order valence-corrected chi connectivity index (χ4v) is 4.76. The normalized spacial score (nSPS) is 20.9. The van der Waals surface area contributed by atoms with Gasteiger partial charge in [0.2, 0.25) is 11.8 Å². The van der Waals surface area contributed by atoms with E-state index in [2.05, 4.69) is 26.9 Å². The zero-order chi connectivity index (χ0) is 22.1. The number of nitrogens with zero attached hydrogens (tertiary/aromatic N) is 5. The highest BCUT2D eigenvalue weighted by Crippen LogP contribution is 2.27. The standard InChI is InChI=1S/C23H32N6O3/c1-17(30)26-5-7-27(8-6-26)20-12-18-13-21-15-28(9-10-29(21)23(18)25-14-20)22(31)3-11-32-16-19-2-4-24-19/h12-14,19,24H,2-11,15-16H2,1H3. The van der Waals surface area contributed by atoms with Crippen molar-refractivity contribution >= 4 is 28.5 Å². The number of hydrogen-bond donors (Lipinski definition) is 1. The van der Waals surface area contributed by atoms with Crippen molar-refractivity contribution in [2.45, 2.75) is 38.9 Å². The molecular weight excluding hydrogens is 408 g/mol. The number of pyridine rings is 1. The van der Waals surface area contributed by atoms with Gasteiger partial charge in [0.05, 0.1) is 38.1 Å². The summed E-state index contributed by atoms with van der Waals surface area (Å²) in [5.74, 6) is 0.291. The Morgan fingerprint density at radius 2 is 1.91 bits per heavy atom. The fourth-order valence-electron chi connectivity index (χ4n) is 4.76. The molecule has 0 spiro atoms. The summed E-state index contributed by atoms with van der Waals surface area (Å²) in [6.45, 7) is 9.10. The summed E-state index contributed by atoms with van der Waals surface area (Å²) in [5, 5.41) is 4.41. The maximum absolute atomic E-state index is 12.7. The molecular formula is C23H32N6O3. The van der Waals surface area contributed by atoms with Crippen LogP contribution in [0.4, 0.5) is 5.69 Å². The molecule has 1 N–H and O–H groups in total. The van der Waals surface area contributed by atoms with Gasteiger partial charge in [-0.05, 0) is 25.1 Å². The van der Waals surface area contributed by atoms with Gasteiger partial charge in [0.15, 0.2) is 0 Å². The number of aromatic nitrogens is 2. The van der Waals surface area contributed by atoms with Gasteiger partial charge in [-0.25, -0.2) is 4.98 Å². The number of piperazine rings is 1. The van der Waals surface area contributed by atoms with Crippen LogP contribution in [-0.2, 0) is 27.4 Å². The quantitative estimate of drug-likeness (QED) is 0.670. The second-order valence-electron chi connectivity index (χ2n) is 8.97. The van der Waals surface area contributed by atoms with Gasteiger partial charge < -0.3 is 29.3 Å². The summed E-state index contributed by atoms with van der Waals surface area (Å²) in [7, 11) is 0. The minimum atomic E-state index is 0.138. The number of anilines is 1. The van der Waals surface area contributed by atoms with Crippen molar-refractivity contribution in [2.24, 2.45) is 0 Å². The number of hydrogen-bond acceptors (Lipinski definition) is 6. The van der Waals surface area contributed by atoms with Gasteiger partial charge in [-0.1, -0.05) is 0 Å². The van der Waals surface area contributed by atoms with Crippen molar-refractivity contribution in [2.75, 3.05) is 57.4 Å². The minimum Gasteiger partial charge on any atom is -0.379 e. The van der Waals surface area contributed by atoms with E-state index in [9.17, 15) is 9.59 Å². The van der Waals surface area contributed by atoms with E-state index in [4.69, 9.17) is 9.72 Å². The first kappa shape index (κ1) is 21.2. The van der Waals surface area contributed by atoms with Gasteiger partial charge in [0.1, 0.15) is 5.65 Å². The third kappa shape index (κ3) is 4.31. The maximum atomic E-state index is 12.7. The molecule has 1 atom stereocenters. The topological polar surface area (TPSA) is 82.9 Å².